The summed E-state index contributed by atoms with van der Waals surface area (Å²) >= 11 is 0. The molecule has 106 valence electrons. The highest BCUT2D eigenvalue weighted by atomic mass is 16.6. The fourth-order valence-corrected chi connectivity index (χ4v) is 1.90. The molecule has 0 saturated heterocycles. The maximum absolute atomic E-state index is 11.8. The third kappa shape index (κ3) is 2.38. The number of ketones is 1. The average Bonchev–Trinajstić information content (AvgIpc) is 2.43. The Morgan fingerprint density at radius 1 is 0.632 bits per heavy atom. The van der Waals surface area contributed by atoms with Crippen LogP contribution in [0.1, 0.15) is 17.3 Å². The Morgan fingerprint density at radius 3 is 1.11 bits per heavy atom. The number of benzene rings is 1. The second-order valence-electron chi connectivity index (χ2n) is 3.60. The average molecular weight is 270 g/mol. The van der Waals surface area contributed by atoms with Crippen LogP contribution in [-0.4, -0.2) is 41.3 Å². The van der Waals surface area contributed by atoms with Crippen molar-refractivity contribution in [2.24, 2.45) is 0 Å². The molecule has 0 bridgehead atoms. The van der Waals surface area contributed by atoms with E-state index >= 15 is 0 Å². The predicted molar refractivity (Wildman–Crippen MR) is 69.2 cm³/mol. The molecule has 0 fully saturated rings. The van der Waals surface area contributed by atoms with E-state index in [1.165, 1.54) is 42.5 Å². The lowest BCUT2D eigenvalue weighted by molar-refractivity contribution is 0.101. The van der Waals surface area contributed by atoms with Crippen LogP contribution in [0.2, 0.25) is 0 Å². The molecule has 0 saturated carbocycles. The molecular weight excluding hydrogens is 252 g/mol. The number of Topliss-reactive ketones (excluding diaryl/α,β-unsaturated/α-hetero) is 1. The Kier molecular flexibility index (Phi) is 4.86. The van der Waals surface area contributed by atoms with E-state index in [1.54, 1.807) is 0 Å². The monoisotopic (exact) mass is 270 g/mol. The zero-order valence-electron chi connectivity index (χ0n) is 11.9. The van der Waals surface area contributed by atoms with Gasteiger partial charge in [0.1, 0.15) is 5.56 Å². The first-order valence-electron chi connectivity index (χ1n) is 5.52. The van der Waals surface area contributed by atoms with E-state index in [1.807, 2.05) is 0 Å². The largest absolute Gasteiger partial charge is 0.492 e. The van der Waals surface area contributed by atoms with Crippen molar-refractivity contribution >= 4 is 5.78 Å². The van der Waals surface area contributed by atoms with Crippen molar-refractivity contribution in [2.75, 3.05) is 35.5 Å². The van der Waals surface area contributed by atoms with Crippen LogP contribution in [0.25, 0.3) is 0 Å². The van der Waals surface area contributed by atoms with Crippen LogP contribution in [0.15, 0.2) is 0 Å². The Hall–Kier alpha value is -2.11. The van der Waals surface area contributed by atoms with E-state index in [4.69, 9.17) is 23.7 Å². The molecule has 0 radical (unpaired) electrons. The summed E-state index contributed by atoms with van der Waals surface area (Å²) in [5.41, 5.74) is 0.250. The molecule has 6 heteroatoms. The fourth-order valence-electron chi connectivity index (χ4n) is 1.90. The topological polar surface area (TPSA) is 63.2 Å². The molecule has 0 aliphatic heterocycles. The van der Waals surface area contributed by atoms with Gasteiger partial charge < -0.3 is 23.7 Å². The van der Waals surface area contributed by atoms with Gasteiger partial charge in [-0.3, -0.25) is 4.79 Å². The van der Waals surface area contributed by atoms with Gasteiger partial charge in [0.05, 0.1) is 35.5 Å². The molecule has 0 aliphatic rings. The predicted octanol–water partition coefficient (Wildman–Crippen LogP) is 1.93. The molecule has 1 aromatic rings. The number of hydrogen-bond donors (Lipinski definition) is 0. The van der Waals surface area contributed by atoms with E-state index in [2.05, 4.69) is 0 Å². The van der Waals surface area contributed by atoms with Gasteiger partial charge in [-0.2, -0.15) is 0 Å². The first-order chi connectivity index (χ1) is 9.06. The zero-order chi connectivity index (χ0) is 14.6. The van der Waals surface area contributed by atoms with Crippen molar-refractivity contribution in [1.29, 1.82) is 0 Å². The van der Waals surface area contributed by atoms with Crippen LogP contribution < -0.4 is 23.7 Å². The highest BCUT2D eigenvalue weighted by Gasteiger charge is 2.30. The summed E-state index contributed by atoms with van der Waals surface area (Å²) in [4.78, 5) is 11.8. The minimum Gasteiger partial charge on any atom is -0.492 e. The van der Waals surface area contributed by atoms with Gasteiger partial charge in [0.15, 0.2) is 17.3 Å². The second-order valence-corrected chi connectivity index (χ2v) is 3.60. The smallest absolute Gasteiger partial charge is 0.211 e. The number of rotatable bonds is 6. The minimum atomic E-state index is -0.229. The van der Waals surface area contributed by atoms with Gasteiger partial charge in [0.2, 0.25) is 17.2 Å². The van der Waals surface area contributed by atoms with Crippen LogP contribution >= 0.6 is 0 Å². The number of ether oxygens (including phenoxy) is 5. The Morgan fingerprint density at radius 2 is 0.895 bits per heavy atom. The van der Waals surface area contributed by atoms with Gasteiger partial charge >= 0.3 is 0 Å². The molecule has 1 rings (SSSR count). The summed E-state index contributed by atoms with van der Waals surface area (Å²) in [7, 11) is 7.25. The first-order valence-corrected chi connectivity index (χ1v) is 5.52. The van der Waals surface area contributed by atoms with Crippen LogP contribution in [0.3, 0.4) is 0 Å². The maximum Gasteiger partial charge on any atom is 0.211 e. The number of carbonyl (C=O) groups is 1. The van der Waals surface area contributed by atoms with Crippen molar-refractivity contribution in [1.82, 2.24) is 0 Å². The summed E-state index contributed by atoms with van der Waals surface area (Å²) in [6.07, 6.45) is 0. The van der Waals surface area contributed by atoms with Gasteiger partial charge in [-0.1, -0.05) is 0 Å². The molecule has 19 heavy (non-hydrogen) atoms. The Labute approximate surface area is 112 Å². The van der Waals surface area contributed by atoms with E-state index < -0.39 is 0 Å². The molecule has 6 nitrogen and oxygen atoms in total. The maximum atomic E-state index is 11.8. The summed E-state index contributed by atoms with van der Waals surface area (Å²) < 4.78 is 26.3. The van der Waals surface area contributed by atoms with Crippen LogP contribution in [0.5, 0.6) is 28.7 Å². The van der Waals surface area contributed by atoms with E-state index in [0.29, 0.717) is 5.75 Å². The van der Waals surface area contributed by atoms with Gasteiger partial charge in [0, 0.05) is 0 Å². The molecule has 0 heterocycles. The Balaban J connectivity index is 3.85. The summed E-state index contributed by atoms with van der Waals surface area (Å²) in [5.74, 6) is 1.16. The third-order valence-electron chi connectivity index (χ3n) is 2.65. The summed E-state index contributed by atoms with van der Waals surface area (Å²) in [5, 5.41) is 0. The van der Waals surface area contributed by atoms with Crippen molar-refractivity contribution in [3.63, 3.8) is 0 Å². The summed E-state index contributed by atoms with van der Waals surface area (Å²) in [6, 6.07) is 0. The van der Waals surface area contributed by atoms with E-state index in [0.717, 1.165) is 0 Å². The third-order valence-corrected chi connectivity index (χ3v) is 2.65. The molecule has 0 spiro atoms. The minimum absolute atomic E-state index is 0.229. The number of methoxy groups -OCH3 is 5. The highest BCUT2D eigenvalue weighted by molar-refractivity contribution is 6.02. The fraction of sp³-hybridized carbons (Fsp3) is 0.462. The van der Waals surface area contributed by atoms with Crippen LogP contribution in [0.4, 0.5) is 0 Å². The standard InChI is InChI=1S/C13H18O6/c1-7(14)8-9(15-2)11(17-4)13(19-6)12(18-5)10(8)16-3/h1-6H3. The van der Waals surface area contributed by atoms with E-state index in [9.17, 15) is 4.79 Å². The van der Waals surface area contributed by atoms with Gasteiger partial charge in [0.25, 0.3) is 0 Å². The lowest BCUT2D eigenvalue weighted by Crippen LogP contribution is -2.07. The SMILES string of the molecule is COc1c(OC)c(OC)c(C(C)=O)c(OC)c1OC. The van der Waals surface area contributed by atoms with Crippen molar-refractivity contribution in [3.05, 3.63) is 5.56 Å². The number of hydrogen-bond acceptors (Lipinski definition) is 6. The van der Waals surface area contributed by atoms with Gasteiger partial charge in [-0.05, 0) is 6.92 Å². The summed E-state index contributed by atoms with van der Waals surface area (Å²) in [6.45, 7) is 1.41. The van der Waals surface area contributed by atoms with E-state index in [-0.39, 0.29) is 34.3 Å². The zero-order valence-corrected chi connectivity index (χ0v) is 11.9. The molecule has 0 unspecified atom stereocenters. The van der Waals surface area contributed by atoms with Crippen molar-refractivity contribution in [2.45, 2.75) is 6.92 Å². The van der Waals surface area contributed by atoms with Crippen molar-refractivity contribution in [3.8, 4) is 28.7 Å². The van der Waals surface area contributed by atoms with Gasteiger partial charge in [-0.15, -0.1) is 0 Å². The lowest BCUT2D eigenvalue weighted by Gasteiger charge is -2.20. The first kappa shape index (κ1) is 14.9. The highest BCUT2D eigenvalue weighted by Crippen LogP contribution is 2.53. The molecule has 0 atom stereocenters. The Bertz CT molecular complexity index is 448. The normalized spacial score (nSPS) is 9.79. The molecule has 0 aromatic heterocycles. The lowest BCUT2D eigenvalue weighted by atomic mass is 10.1. The molecular formula is C13H18O6. The van der Waals surface area contributed by atoms with Crippen LogP contribution in [-0.2, 0) is 0 Å². The molecule has 0 N–H and O–H groups in total. The molecule has 0 aliphatic carbocycles. The molecule has 0 amide bonds. The van der Waals surface area contributed by atoms with Crippen LogP contribution in [0, 0.1) is 0 Å². The van der Waals surface area contributed by atoms with Crippen molar-refractivity contribution < 1.29 is 28.5 Å². The van der Waals surface area contributed by atoms with Gasteiger partial charge in [-0.25, -0.2) is 0 Å². The second kappa shape index (κ2) is 6.17. The quantitative estimate of drug-likeness (QED) is 0.736. The molecule has 1 aromatic carbocycles. The number of carbonyl (C=O) groups excluding carboxylic acids is 1.